The average Bonchev–Trinajstić information content (AvgIpc) is 2.91. The largest absolute Gasteiger partial charge is 0.368 e. The van der Waals surface area contributed by atoms with Crippen LogP contribution in [0.3, 0.4) is 0 Å². The van der Waals surface area contributed by atoms with Crippen molar-refractivity contribution in [3.05, 3.63) is 32.7 Å². The summed E-state index contributed by atoms with van der Waals surface area (Å²) in [5.41, 5.74) is 5.84. The van der Waals surface area contributed by atoms with Crippen molar-refractivity contribution in [1.82, 2.24) is 4.90 Å². The number of hydrogen-bond acceptors (Lipinski definition) is 2. The van der Waals surface area contributed by atoms with Gasteiger partial charge in [0.1, 0.15) is 0 Å². The SMILES string of the molecule is NC(=O)CN(C(=O)c1cc(Br)ccc1Br)C1CCCC1. The summed E-state index contributed by atoms with van der Waals surface area (Å²) >= 11 is 6.75. The normalized spacial score (nSPS) is 15.3. The second-order valence-corrected chi connectivity index (χ2v) is 6.73. The van der Waals surface area contributed by atoms with Crippen LogP contribution in [0.4, 0.5) is 0 Å². The van der Waals surface area contributed by atoms with Crippen LogP contribution < -0.4 is 5.73 Å². The van der Waals surface area contributed by atoms with E-state index in [1.807, 2.05) is 12.1 Å². The Morgan fingerprint density at radius 1 is 1.25 bits per heavy atom. The first-order chi connectivity index (χ1) is 9.49. The molecule has 0 bridgehead atoms. The lowest BCUT2D eigenvalue weighted by molar-refractivity contribution is -0.119. The third-order valence-electron chi connectivity index (χ3n) is 3.51. The van der Waals surface area contributed by atoms with Crippen LogP contribution in [0.2, 0.25) is 0 Å². The molecule has 2 rings (SSSR count). The molecule has 1 aromatic carbocycles. The highest BCUT2D eigenvalue weighted by Crippen LogP contribution is 2.28. The van der Waals surface area contributed by atoms with Gasteiger partial charge in [-0.1, -0.05) is 28.8 Å². The number of nitrogens with zero attached hydrogens (tertiary/aromatic N) is 1. The Morgan fingerprint density at radius 3 is 2.50 bits per heavy atom. The smallest absolute Gasteiger partial charge is 0.255 e. The highest BCUT2D eigenvalue weighted by atomic mass is 79.9. The zero-order valence-corrected chi connectivity index (χ0v) is 14.1. The van der Waals surface area contributed by atoms with Crippen molar-refractivity contribution >= 4 is 43.7 Å². The number of carbonyl (C=O) groups is 2. The molecular formula is C14H16Br2N2O2. The van der Waals surface area contributed by atoms with Gasteiger partial charge in [-0.2, -0.15) is 0 Å². The predicted octanol–water partition coefficient (Wildman–Crippen LogP) is 3.08. The molecular weight excluding hydrogens is 388 g/mol. The van der Waals surface area contributed by atoms with Gasteiger partial charge in [0, 0.05) is 15.0 Å². The van der Waals surface area contributed by atoms with Crippen molar-refractivity contribution in [2.75, 3.05) is 6.54 Å². The number of nitrogens with two attached hydrogens (primary N) is 1. The molecule has 0 atom stereocenters. The molecule has 6 heteroatoms. The maximum atomic E-state index is 12.7. The van der Waals surface area contributed by atoms with Crippen molar-refractivity contribution in [1.29, 1.82) is 0 Å². The van der Waals surface area contributed by atoms with Crippen LogP contribution in [0.1, 0.15) is 36.0 Å². The third kappa shape index (κ3) is 3.61. The number of halogens is 2. The fraction of sp³-hybridized carbons (Fsp3) is 0.429. The van der Waals surface area contributed by atoms with Gasteiger partial charge in [0.15, 0.2) is 0 Å². The van der Waals surface area contributed by atoms with Crippen LogP contribution in [0.5, 0.6) is 0 Å². The number of rotatable bonds is 4. The number of benzene rings is 1. The minimum absolute atomic E-state index is 0.0253. The topological polar surface area (TPSA) is 63.4 Å². The van der Waals surface area contributed by atoms with Gasteiger partial charge in [0.25, 0.3) is 5.91 Å². The second kappa shape index (κ2) is 6.72. The van der Waals surface area contributed by atoms with E-state index in [2.05, 4.69) is 31.9 Å². The Hall–Kier alpha value is -0.880. The van der Waals surface area contributed by atoms with Crippen LogP contribution in [0.15, 0.2) is 27.1 Å². The third-order valence-corrected chi connectivity index (χ3v) is 4.70. The summed E-state index contributed by atoms with van der Waals surface area (Å²) in [6, 6.07) is 5.54. The average molecular weight is 404 g/mol. The fourth-order valence-corrected chi connectivity index (χ4v) is 3.34. The molecule has 20 heavy (non-hydrogen) atoms. The maximum absolute atomic E-state index is 12.7. The summed E-state index contributed by atoms with van der Waals surface area (Å²) < 4.78 is 1.55. The van der Waals surface area contributed by atoms with Gasteiger partial charge in [-0.05, 0) is 47.0 Å². The standard InChI is InChI=1S/C14H16Br2N2O2/c15-9-5-6-12(16)11(7-9)14(20)18(8-13(17)19)10-3-1-2-4-10/h5-7,10H,1-4,8H2,(H2,17,19). The fourth-order valence-electron chi connectivity index (χ4n) is 2.57. The van der Waals surface area contributed by atoms with Crippen molar-refractivity contribution in [3.63, 3.8) is 0 Å². The molecule has 1 aliphatic carbocycles. The minimum atomic E-state index is -0.476. The van der Waals surface area contributed by atoms with E-state index in [0.717, 1.165) is 34.6 Å². The lowest BCUT2D eigenvalue weighted by Crippen LogP contribution is -2.44. The van der Waals surface area contributed by atoms with E-state index in [-0.39, 0.29) is 18.5 Å². The van der Waals surface area contributed by atoms with Crippen LogP contribution in [-0.4, -0.2) is 29.3 Å². The number of hydrogen-bond donors (Lipinski definition) is 1. The summed E-state index contributed by atoms with van der Waals surface area (Å²) in [7, 11) is 0. The van der Waals surface area contributed by atoms with Crippen molar-refractivity contribution in [2.24, 2.45) is 5.73 Å². The summed E-state index contributed by atoms with van der Waals surface area (Å²) in [6.07, 6.45) is 4.05. The molecule has 1 saturated carbocycles. The monoisotopic (exact) mass is 402 g/mol. The number of amides is 2. The van der Waals surface area contributed by atoms with E-state index in [9.17, 15) is 9.59 Å². The first-order valence-corrected chi connectivity index (χ1v) is 8.12. The molecule has 0 heterocycles. The molecule has 1 aliphatic rings. The van der Waals surface area contributed by atoms with Gasteiger partial charge in [-0.25, -0.2) is 0 Å². The molecule has 108 valence electrons. The molecule has 0 saturated heterocycles. The second-order valence-electron chi connectivity index (χ2n) is 4.96. The van der Waals surface area contributed by atoms with Gasteiger partial charge in [-0.15, -0.1) is 0 Å². The van der Waals surface area contributed by atoms with E-state index in [1.54, 1.807) is 11.0 Å². The lowest BCUT2D eigenvalue weighted by atomic mass is 10.1. The predicted molar refractivity (Wildman–Crippen MR) is 84.3 cm³/mol. The number of carbonyl (C=O) groups excluding carboxylic acids is 2. The molecule has 0 aromatic heterocycles. The zero-order chi connectivity index (χ0) is 14.7. The van der Waals surface area contributed by atoms with Gasteiger partial charge >= 0.3 is 0 Å². The van der Waals surface area contributed by atoms with E-state index in [1.165, 1.54) is 0 Å². The van der Waals surface area contributed by atoms with Crippen LogP contribution >= 0.6 is 31.9 Å². The molecule has 2 amide bonds. The molecule has 0 spiro atoms. The summed E-state index contributed by atoms with van der Waals surface area (Å²) in [5, 5.41) is 0. The van der Waals surface area contributed by atoms with Crippen LogP contribution in [0, 0.1) is 0 Å². The van der Waals surface area contributed by atoms with E-state index in [0.29, 0.717) is 5.56 Å². The quantitative estimate of drug-likeness (QED) is 0.839. The van der Waals surface area contributed by atoms with Crippen molar-refractivity contribution in [3.8, 4) is 0 Å². The Labute approximate surface area is 135 Å². The summed E-state index contributed by atoms with van der Waals surface area (Å²) in [4.78, 5) is 25.6. The highest BCUT2D eigenvalue weighted by Gasteiger charge is 2.29. The Bertz CT molecular complexity index is 528. The molecule has 0 radical (unpaired) electrons. The first-order valence-electron chi connectivity index (χ1n) is 6.53. The van der Waals surface area contributed by atoms with Crippen molar-refractivity contribution in [2.45, 2.75) is 31.7 Å². The van der Waals surface area contributed by atoms with E-state index < -0.39 is 5.91 Å². The Kier molecular flexibility index (Phi) is 5.21. The zero-order valence-electron chi connectivity index (χ0n) is 10.9. The summed E-state index contributed by atoms with van der Waals surface area (Å²) in [5.74, 6) is -0.625. The van der Waals surface area contributed by atoms with E-state index >= 15 is 0 Å². The van der Waals surface area contributed by atoms with Gasteiger partial charge in [0.05, 0.1) is 12.1 Å². The molecule has 1 aromatic rings. The number of primary amides is 1. The Morgan fingerprint density at radius 2 is 1.90 bits per heavy atom. The molecule has 1 fully saturated rings. The Balaban J connectivity index is 2.29. The first kappa shape index (κ1) is 15.5. The molecule has 0 unspecified atom stereocenters. The van der Waals surface area contributed by atoms with Gasteiger partial charge in [0.2, 0.25) is 5.91 Å². The maximum Gasteiger partial charge on any atom is 0.255 e. The van der Waals surface area contributed by atoms with Crippen LogP contribution in [0.25, 0.3) is 0 Å². The highest BCUT2D eigenvalue weighted by molar-refractivity contribution is 9.11. The van der Waals surface area contributed by atoms with Crippen LogP contribution in [-0.2, 0) is 4.79 Å². The lowest BCUT2D eigenvalue weighted by Gasteiger charge is -2.28. The molecule has 0 aliphatic heterocycles. The molecule has 4 nitrogen and oxygen atoms in total. The van der Waals surface area contributed by atoms with E-state index in [4.69, 9.17) is 5.73 Å². The summed E-state index contributed by atoms with van der Waals surface area (Å²) in [6.45, 7) is -0.0253. The molecule has 2 N–H and O–H groups in total. The van der Waals surface area contributed by atoms with Gasteiger partial charge in [-0.3, -0.25) is 9.59 Å². The minimum Gasteiger partial charge on any atom is -0.368 e. The van der Waals surface area contributed by atoms with Gasteiger partial charge < -0.3 is 10.6 Å². The van der Waals surface area contributed by atoms with Crippen molar-refractivity contribution < 1.29 is 9.59 Å².